The highest BCUT2D eigenvalue weighted by molar-refractivity contribution is 7.08. The monoisotopic (exact) mass is 322 g/mol. The molecule has 0 aliphatic carbocycles. The van der Waals surface area contributed by atoms with Crippen molar-refractivity contribution in [3.8, 4) is 0 Å². The summed E-state index contributed by atoms with van der Waals surface area (Å²) in [4.78, 5) is 0.535. The fraction of sp³-hybridized carbons (Fsp3) is 1.00. The molecule has 0 aromatic heterocycles. The maximum Gasteiger partial charge on any atom is 0.189 e. The highest BCUT2D eigenvalue weighted by Gasteiger charge is 2.56. The fourth-order valence-corrected chi connectivity index (χ4v) is 28.2. The molecule has 0 bridgehead atoms. The predicted octanol–water partition coefficient (Wildman–Crippen LogP) is 4.16. The summed E-state index contributed by atoms with van der Waals surface area (Å²) in [5, 5.41) is 0. The number of rotatable bonds is 9. The molecule has 0 atom stereocenters. The molecule has 0 amide bonds. The molecule has 0 spiro atoms. The van der Waals surface area contributed by atoms with Gasteiger partial charge in [0.25, 0.3) is 0 Å². The van der Waals surface area contributed by atoms with Crippen molar-refractivity contribution in [3.63, 3.8) is 0 Å². The van der Waals surface area contributed by atoms with Gasteiger partial charge in [0, 0.05) is 24.6 Å². The van der Waals surface area contributed by atoms with Crippen molar-refractivity contribution in [1.29, 1.82) is 0 Å². The Morgan fingerprint density at radius 1 is 0.579 bits per heavy atom. The summed E-state index contributed by atoms with van der Waals surface area (Å²) in [6, 6.07) is 0. The summed E-state index contributed by atoms with van der Waals surface area (Å²) in [5.74, 6) is 0. The third kappa shape index (κ3) is 5.43. The highest BCUT2D eigenvalue weighted by Crippen LogP contribution is 2.41. The Labute approximate surface area is 123 Å². The van der Waals surface area contributed by atoms with Gasteiger partial charge in [0.2, 0.25) is 0 Å². The Morgan fingerprint density at radius 2 is 0.789 bits per heavy atom. The molecule has 0 unspecified atom stereocenters. The third-order valence-electron chi connectivity index (χ3n) is 3.63. The first-order valence-electron chi connectivity index (χ1n) is 7.47. The molecule has 6 heteroatoms. The van der Waals surface area contributed by atoms with E-state index in [4.69, 9.17) is 13.3 Å². The van der Waals surface area contributed by atoms with Crippen LogP contribution in [0.2, 0.25) is 44.1 Å². The SMILES string of the molecule is CCO[Si](C)(C)C([Si](C)(C)OCC)[Si](C)(C)OCC. The van der Waals surface area contributed by atoms with Crippen molar-refractivity contribution < 1.29 is 13.3 Å². The molecule has 116 valence electrons. The summed E-state index contributed by atoms with van der Waals surface area (Å²) >= 11 is 0. The van der Waals surface area contributed by atoms with Crippen molar-refractivity contribution >= 4 is 25.0 Å². The molecule has 0 saturated heterocycles. The average molecular weight is 323 g/mol. The van der Waals surface area contributed by atoms with E-state index in [1.807, 2.05) is 0 Å². The van der Waals surface area contributed by atoms with E-state index >= 15 is 0 Å². The molecular weight excluding hydrogens is 288 g/mol. The summed E-state index contributed by atoms with van der Waals surface area (Å²) in [7, 11) is -5.41. The van der Waals surface area contributed by atoms with E-state index in [2.05, 4.69) is 60.1 Å². The van der Waals surface area contributed by atoms with Crippen LogP contribution in [0.1, 0.15) is 20.8 Å². The molecule has 0 saturated carbocycles. The van der Waals surface area contributed by atoms with Gasteiger partial charge in [-0.15, -0.1) is 0 Å². The average Bonchev–Trinajstić information content (AvgIpc) is 2.14. The van der Waals surface area contributed by atoms with Gasteiger partial charge in [-0.3, -0.25) is 0 Å². The summed E-state index contributed by atoms with van der Waals surface area (Å²) in [5.41, 5.74) is 0. The fourth-order valence-electron chi connectivity index (χ4n) is 3.88. The van der Waals surface area contributed by atoms with Crippen molar-refractivity contribution in [2.45, 2.75) is 64.8 Å². The van der Waals surface area contributed by atoms with Gasteiger partial charge >= 0.3 is 0 Å². The number of hydrogen-bond donors (Lipinski definition) is 0. The Kier molecular flexibility index (Phi) is 7.72. The van der Waals surface area contributed by atoms with Crippen LogP contribution in [0.3, 0.4) is 0 Å². The Hall–Kier alpha value is 0.531. The second kappa shape index (κ2) is 7.51. The third-order valence-corrected chi connectivity index (χ3v) is 23.4. The first-order valence-corrected chi connectivity index (χ1v) is 16.4. The van der Waals surface area contributed by atoms with E-state index in [-0.39, 0.29) is 0 Å². The molecule has 0 aromatic rings. The van der Waals surface area contributed by atoms with E-state index in [9.17, 15) is 0 Å². The molecule has 0 rings (SSSR count). The van der Waals surface area contributed by atoms with Gasteiger partial charge in [0.1, 0.15) is 0 Å². The minimum atomic E-state index is -1.80. The lowest BCUT2D eigenvalue weighted by Gasteiger charge is -2.47. The molecule has 0 fully saturated rings. The number of hydrogen-bond acceptors (Lipinski definition) is 3. The molecule has 0 heterocycles. The molecule has 19 heavy (non-hydrogen) atoms. The van der Waals surface area contributed by atoms with Gasteiger partial charge < -0.3 is 13.3 Å². The van der Waals surface area contributed by atoms with E-state index in [1.54, 1.807) is 0 Å². The first-order chi connectivity index (χ1) is 8.55. The minimum Gasteiger partial charge on any atom is -0.418 e. The van der Waals surface area contributed by atoms with Crippen molar-refractivity contribution in [2.75, 3.05) is 19.8 Å². The van der Waals surface area contributed by atoms with Crippen LogP contribution >= 0.6 is 0 Å². The largest absolute Gasteiger partial charge is 0.418 e. The molecule has 3 nitrogen and oxygen atoms in total. The van der Waals surface area contributed by atoms with Gasteiger partial charge in [0.15, 0.2) is 25.0 Å². The minimum absolute atomic E-state index is 0.535. The van der Waals surface area contributed by atoms with Crippen LogP contribution in [0, 0.1) is 0 Å². The van der Waals surface area contributed by atoms with E-state index in [1.165, 1.54) is 0 Å². The van der Waals surface area contributed by atoms with Crippen molar-refractivity contribution in [1.82, 2.24) is 0 Å². The van der Waals surface area contributed by atoms with Crippen LogP contribution in [0.15, 0.2) is 0 Å². The van der Waals surface area contributed by atoms with Crippen LogP contribution in [-0.2, 0) is 13.3 Å². The summed E-state index contributed by atoms with van der Waals surface area (Å²) in [6.45, 7) is 22.7. The molecule has 0 aliphatic heterocycles. The van der Waals surface area contributed by atoms with Crippen LogP contribution < -0.4 is 0 Å². The van der Waals surface area contributed by atoms with Gasteiger partial charge in [-0.1, -0.05) is 0 Å². The van der Waals surface area contributed by atoms with E-state index in [0.29, 0.717) is 4.79 Å². The van der Waals surface area contributed by atoms with E-state index in [0.717, 1.165) is 19.8 Å². The molecule has 0 N–H and O–H groups in total. The van der Waals surface area contributed by atoms with Crippen LogP contribution in [-0.4, -0.2) is 44.8 Å². The standard InChI is InChI=1S/C13H34O3Si3/c1-10-14-17(4,5)13(18(6,7)15-11-2)19(8,9)16-12-3/h13H,10-12H2,1-9H3. The second-order valence-electron chi connectivity index (χ2n) is 6.54. The first kappa shape index (κ1) is 19.5. The Bertz CT molecular complexity index is 225. The van der Waals surface area contributed by atoms with Crippen molar-refractivity contribution in [2.24, 2.45) is 0 Å². The van der Waals surface area contributed by atoms with Gasteiger partial charge in [-0.05, 0) is 60.1 Å². The summed E-state index contributed by atoms with van der Waals surface area (Å²) in [6.07, 6.45) is 0. The Morgan fingerprint density at radius 3 is 0.947 bits per heavy atom. The lowest BCUT2D eigenvalue weighted by molar-refractivity contribution is 0.293. The topological polar surface area (TPSA) is 27.7 Å². The zero-order chi connectivity index (χ0) is 15.3. The second-order valence-corrected chi connectivity index (χ2v) is 20.5. The summed E-state index contributed by atoms with van der Waals surface area (Å²) < 4.78 is 18.6. The van der Waals surface area contributed by atoms with Gasteiger partial charge in [-0.25, -0.2) is 0 Å². The molecule has 0 aliphatic rings. The molecule has 0 aromatic carbocycles. The predicted molar refractivity (Wildman–Crippen MR) is 91.1 cm³/mol. The zero-order valence-electron chi connectivity index (χ0n) is 14.4. The smallest absolute Gasteiger partial charge is 0.189 e. The van der Waals surface area contributed by atoms with Crippen LogP contribution in [0.5, 0.6) is 0 Å². The maximum absolute atomic E-state index is 6.21. The molecule has 0 radical (unpaired) electrons. The molecular formula is C13H34O3Si3. The Balaban J connectivity index is 5.49. The van der Waals surface area contributed by atoms with E-state index < -0.39 is 25.0 Å². The zero-order valence-corrected chi connectivity index (χ0v) is 17.4. The maximum atomic E-state index is 6.21. The van der Waals surface area contributed by atoms with Gasteiger partial charge in [-0.2, -0.15) is 0 Å². The lowest BCUT2D eigenvalue weighted by atomic mass is 10.9. The quantitative estimate of drug-likeness (QED) is 0.597. The van der Waals surface area contributed by atoms with Crippen molar-refractivity contribution in [3.05, 3.63) is 0 Å². The van der Waals surface area contributed by atoms with Crippen LogP contribution in [0.4, 0.5) is 0 Å². The van der Waals surface area contributed by atoms with Crippen LogP contribution in [0.25, 0.3) is 0 Å². The van der Waals surface area contributed by atoms with Gasteiger partial charge in [0.05, 0.1) is 0 Å². The highest BCUT2D eigenvalue weighted by atomic mass is 28.5. The lowest BCUT2D eigenvalue weighted by Crippen LogP contribution is -2.62. The normalized spacial score (nSPS) is 14.2.